The molecule has 2 heteroatoms. The Hall–Kier alpha value is -0.860. The van der Waals surface area contributed by atoms with E-state index < -0.39 is 0 Å². The maximum Gasteiger partial charge on any atom is 0.221 e. The van der Waals surface area contributed by atoms with Crippen molar-refractivity contribution < 1.29 is 0 Å². The molecule has 2 aliphatic rings. The summed E-state index contributed by atoms with van der Waals surface area (Å²) in [6.07, 6.45) is 5.62. The van der Waals surface area contributed by atoms with E-state index in [0.717, 1.165) is 17.1 Å². The molecule has 1 atom stereocenters. The van der Waals surface area contributed by atoms with Gasteiger partial charge >= 0.3 is 0 Å². The second-order valence-electron chi connectivity index (χ2n) is 5.25. The van der Waals surface area contributed by atoms with Crippen molar-refractivity contribution >= 4 is 11.4 Å². The molecular formula is C14H21N2+. The Kier molecular flexibility index (Phi) is 2.30. The SMILES string of the molecule is CCN[N+]1(C)c2ccc(C3CCCC3)cc21. The summed E-state index contributed by atoms with van der Waals surface area (Å²) < 4.78 is 0.864. The van der Waals surface area contributed by atoms with E-state index in [1.165, 1.54) is 37.1 Å². The third-order valence-electron chi connectivity index (χ3n) is 4.21. The van der Waals surface area contributed by atoms with E-state index in [0.29, 0.717) is 0 Å². The molecule has 1 aromatic rings. The molecule has 0 amide bonds. The molecule has 0 spiro atoms. The number of fused-ring (bicyclic) bond motifs is 1. The molecule has 1 heterocycles. The first kappa shape index (κ1) is 10.3. The van der Waals surface area contributed by atoms with Gasteiger partial charge in [-0.15, -0.1) is 0 Å². The number of hydrogen-bond acceptors (Lipinski definition) is 1. The van der Waals surface area contributed by atoms with Crippen LogP contribution in [0.5, 0.6) is 0 Å². The Morgan fingerprint density at radius 2 is 2.00 bits per heavy atom. The fraction of sp³-hybridized carbons (Fsp3) is 0.571. The Balaban J connectivity index is 1.84. The Bertz CT molecular complexity index is 407. The molecule has 86 valence electrons. The van der Waals surface area contributed by atoms with E-state index in [-0.39, 0.29) is 0 Å². The minimum atomic E-state index is 0.834. The lowest BCUT2D eigenvalue weighted by Crippen LogP contribution is -2.40. The van der Waals surface area contributed by atoms with Gasteiger partial charge in [-0.2, -0.15) is 10.0 Å². The van der Waals surface area contributed by atoms with E-state index in [9.17, 15) is 0 Å². The Morgan fingerprint density at radius 3 is 2.69 bits per heavy atom. The molecule has 0 aromatic heterocycles. The van der Waals surface area contributed by atoms with Gasteiger partial charge in [-0.3, -0.25) is 0 Å². The van der Waals surface area contributed by atoms with Gasteiger partial charge in [0.15, 0.2) is 0 Å². The highest BCUT2D eigenvalue weighted by atomic mass is 15.7. The van der Waals surface area contributed by atoms with Crippen LogP contribution in [-0.4, -0.2) is 13.6 Å². The maximum atomic E-state index is 3.52. The van der Waals surface area contributed by atoms with E-state index in [1.54, 1.807) is 5.56 Å². The normalized spacial score (nSPS) is 28.1. The summed E-state index contributed by atoms with van der Waals surface area (Å²) in [6.45, 7) is 3.18. The number of hydrogen-bond donors (Lipinski definition) is 1. The summed E-state index contributed by atoms with van der Waals surface area (Å²) in [5.41, 5.74) is 8.01. The number of nitrogens with one attached hydrogen (secondary N) is 1. The molecule has 1 aliphatic heterocycles. The van der Waals surface area contributed by atoms with Crippen LogP contribution in [0.15, 0.2) is 18.2 Å². The molecule has 0 radical (unpaired) electrons. The first-order chi connectivity index (χ1) is 7.75. The van der Waals surface area contributed by atoms with Gasteiger partial charge in [-0.05, 0) is 31.2 Å². The third kappa shape index (κ3) is 1.40. The van der Waals surface area contributed by atoms with Gasteiger partial charge in [-0.25, -0.2) is 0 Å². The summed E-state index contributed by atoms with van der Waals surface area (Å²) in [6, 6.07) is 7.08. The molecule has 1 unspecified atom stereocenters. The van der Waals surface area contributed by atoms with Gasteiger partial charge in [0.1, 0.15) is 0 Å². The number of benzene rings is 1. The first-order valence-electron chi connectivity index (χ1n) is 6.52. The number of quaternary nitrogens is 1. The smallest absolute Gasteiger partial charge is 0.174 e. The number of nitrogens with zero attached hydrogens (tertiary/aromatic N) is 1. The molecule has 0 bridgehead atoms. The molecule has 1 aromatic carbocycles. The van der Waals surface area contributed by atoms with Crippen molar-refractivity contribution in [1.29, 1.82) is 0 Å². The van der Waals surface area contributed by atoms with Crippen molar-refractivity contribution in [2.75, 3.05) is 13.6 Å². The van der Waals surface area contributed by atoms with Crippen molar-refractivity contribution in [3.8, 4) is 0 Å². The van der Waals surface area contributed by atoms with Crippen LogP contribution in [0.4, 0.5) is 11.4 Å². The zero-order valence-electron chi connectivity index (χ0n) is 10.3. The molecular weight excluding hydrogens is 196 g/mol. The molecule has 1 saturated carbocycles. The molecule has 1 fully saturated rings. The van der Waals surface area contributed by atoms with Gasteiger partial charge in [0, 0.05) is 18.7 Å². The van der Waals surface area contributed by atoms with Crippen LogP contribution in [0, 0.1) is 0 Å². The first-order valence-corrected chi connectivity index (χ1v) is 6.52. The van der Waals surface area contributed by atoms with Crippen LogP contribution < -0.4 is 10.0 Å². The highest BCUT2D eigenvalue weighted by Gasteiger charge is 2.50. The third-order valence-corrected chi connectivity index (χ3v) is 4.21. The lowest BCUT2D eigenvalue weighted by Gasteiger charge is -2.10. The minimum Gasteiger partial charge on any atom is -0.174 e. The Labute approximate surface area is 97.8 Å². The lowest BCUT2D eigenvalue weighted by molar-refractivity contribution is 0.415. The second-order valence-corrected chi connectivity index (χ2v) is 5.25. The van der Waals surface area contributed by atoms with E-state index in [1.807, 2.05) is 0 Å². The van der Waals surface area contributed by atoms with E-state index in [2.05, 4.69) is 37.6 Å². The molecule has 1 N–H and O–H groups in total. The average Bonchev–Trinajstić information content (AvgIpc) is 2.73. The van der Waals surface area contributed by atoms with Crippen LogP contribution in [0.25, 0.3) is 0 Å². The molecule has 16 heavy (non-hydrogen) atoms. The Morgan fingerprint density at radius 1 is 1.25 bits per heavy atom. The van der Waals surface area contributed by atoms with Gasteiger partial charge in [-0.1, -0.05) is 18.9 Å². The predicted octanol–water partition coefficient (Wildman–Crippen LogP) is 3.45. The van der Waals surface area contributed by atoms with Crippen LogP contribution in [0.1, 0.15) is 44.1 Å². The summed E-state index contributed by atoms with van der Waals surface area (Å²) in [4.78, 5) is 0. The highest BCUT2D eigenvalue weighted by Crippen LogP contribution is 2.54. The van der Waals surface area contributed by atoms with Gasteiger partial charge in [0.2, 0.25) is 11.4 Å². The van der Waals surface area contributed by atoms with Gasteiger partial charge in [0.05, 0.1) is 7.05 Å². The topological polar surface area (TPSA) is 12.0 Å². The van der Waals surface area contributed by atoms with Gasteiger partial charge < -0.3 is 0 Å². The monoisotopic (exact) mass is 217 g/mol. The van der Waals surface area contributed by atoms with Crippen LogP contribution >= 0.6 is 0 Å². The fourth-order valence-corrected chi connectivity index (χ4v) is 3.19. The summed E-state index contributed by atoms with van der Waals surface area (Å²) in [7, 11) is 2.24. The number of rotatable bonds is 3. The zero-order valence-corrected chi connectivity index (χ0v) is 10.3. The second kappa shape index (κ2) is 3.57. The summed E-state index contributed by atoms with van der Waals surface area (Å²) in [5, 5.41) is 0. The van der Waals surface area contributed by atoms with Crippen molar-refractivity contribution in [3.05, 3.63) is 23.8 Å². The lowest BCUT2D eigenvalue weighted by atomic mass is 9.98. The van der Waals surface area contributed by atoms with E-state index in [4.69, 9.17) is 0 Å². The van der Waals surface area contributed by atoms with Crippen molar-refractivity contribution in [2.24, 2.45) is 0 Å². The average molecular weight is 217 g/mol. The van der Waals surface area contributed by atoms with E-state index >= 15 is 0 Å². The standard InChI is InChI=1S/C14H21N2/c1-3-15-16(2)13-9-8-12(10-14(13)16)11-6-4-5-7-11/h8-11,15H,3-7H2,1-2H3/q+1. The predicted molar refractivity (Wildman–Crippen MR) is 68.7 cm³/mol. The van der Waals surface area contributed by atoms with Crippen molar-refractivity contribution in [1.82, 2.24) is 10.0 Å². The van der Waals surface area contributed by atoms with Gasteiger partial charge in [0.25, 0.3) is 0 Å². The maximum absolute atomic E-state index is 3.52. The van der Waals surface area contributed by atoms with Crippen LogP contribution in [0.2, 0.25) is 0 Å². The zero-order chi connectivity index (χ0) is 11.2. The summed E-state index contributed by atoms with van der Waals surface area (Å²) >= 11 is 0. The van der Waals surface area contributed by atoms with Crippen LogP contribution in [0.3, 0.4) is 0 Å². The molecule has 3 rings (SSSR count). The van der Waals surface area contributed by atoms with Crippen molar-refractivity contribution in [2.45, 2.75) is 38.5 Å². The highest BCUT2D eigenvalue weighted by molar-refractivity contribution is 5.86. The van der Waals surface area contributed by atoms with Crippen molar-refractivity contribution in [3.63, 3.8) is 0 Å². The fourth-order valence-electron chi connectivity index (χ4n) is 3.19. The molecule has 0 saturated heterocycles. The molecule has 1 aliphatic carbocycles. The minimum absolute atomic E-state index is 0.834. The largest absolute Gasteiger partial charge is 0.221 e. The quantitative estimate of drug-likeness (QED) is 0.604. The summed E-state index contributed by atoms with van der Waals surface area (Å²) in [5.74, 6) is 0.834. The van der Waals surface area contributed by atoms with Crippen LogP contribution in [-0.2, 0) is 0 Å². The molecule has 2 nitrogen and oxygen atoms in total.